The molecule has 466 valence electrons. The Bertz CT molecular complexity index is 3650. The molecule has 8 aromatic rings. The van der Waals surface area contributed by atoms with E-state index in [0.717, 1.165) is 65.7 Å². The Kier molecular flexibility index (Phi) is 21.2. The van der Waals surface area contributed by atoms with Gasteiger partial charge in [-0.25, -0.2) is 33.7 Å². The number of nitrogens with one attached hydrogen (secondary N) is 2. The van der Waals surface area contributed by atoms with Gasteiger partial charge < -0.3 is 54.0 Å². The van der Waals surface area contributed by atoms with Crippen LogP contribution in [0.5, 0.6) is 34.5 Å². The lowest BCUT2D eigenvalue weighted by Gasteiger charge is -2.34. The maximum atomic E-state index is 12.8. The van der Waals surface area contributed by atoms with Gasteiger partial charge in [0.15, 0.2) is 22.9 Å². The fraction of sp³-hybridized carbons (Fsp3) is 0.403. The average Bonchev–Trinajstić information content (AvgIpc) is 1.81. The highest BCUT2D eigenvalue weighted by atomic mass is 16.6. The van der Waals surface area contributed by atoms with E-state index in [9.17, 15) is 24.3 Å². The first kappa shape index (κ1) is 64.6. The number of carbonyl (C=O) groups excluding carboxylic acids is 3. The van der Waals surface area contributed by atoms with Gasteiger partial charge in [-0.3, -0.25) is 4.79 Å². The number of aromatic nitrogens is 6. The molecule has 21 heteroatoms. The minimum absolute atomic E-state index is 0. The molecule has 2 atom stereocenters. The van der Waals surface area contributed by atoms with Crippen LogP contribution >= 0.6 is 0 Å². The van der Waals surface area contributed by atoms with Crippen molar-refractivity contribution in [1.82, 2.24) is 39.3 Å². The lowest BCUT2D eigenvalue weighted by Crippen LogP contribution is -2.47. The van der Waals surface area contributed by atoms with Crippen LogP contribution in [0, 0.1) is 0 Å². The topological polar surface area (TPSA) is 236 Å². The Labute approximate surface area is 514 Å². The number of benzene rings is 4. The summed E-state index contributed by atoms with van der Waals surface area (Å²) in [5, 5.41) is 27.7. The second-order valence-electron chi connectivity index (χ2n) is 23.7. The highest BCUT2D eigenvalue weighted by molar-refractivity contribution is 5.95. The van der Waals surface area contributed by atoms with E-state index in [1.807, 2.05) is 137 Å². The van der Waals surface area contributed by atoms with Crippen LogP contribution < -0.4 is 29.6 Å². The van der Waals surface area contributed by atoms with Gasteiger partial charge in [-0.05, 0) is 151 Å². The summed E-state index contributed by atoms with van der Waals surface area (Å²) in [6, 6.07) is 33.0. The Hall–Kier alpha value is -9.40. The Morgan fingerprint density at radius 1 is 0.568 bits per heavy atom. The quantitative estimate of drug-likeness (QED) is 0.0682. The Morgan fingerprint density at radius 2 is 0.966 bits per heavy atom. The van der Waals surface area contributed by atoms with E-state index < -0.39 is 17.2 Å². The van der Waals surface area contributed by atoms with Gasteiger partial charge in [0.05, 0.1) is 32.9 Å². The molecular formula is C67H82N10O11. The zero-order valence-corrected chi connectivity index (χ0v) is 51.0. The van der Waals surface area contributed by atoms with Gasteiger partial charge in [0.2, 0.25) is 0 Å². The maximum absolute atomic E-state index is 12.8. The smallest absolute Gasteiger partial charge is 0.410 e. The number of rotatable bonds is 19. The van der Waals surface area contributed by atoms with Crippen molar-refractivity contribution in [3.05, 3.63) is 144 Å². The lowest BCUT2D eigenvalue weighted by molar-refractivity contribution is -0.118. The lowest BCUT2D eigenvalue weighted by atomic mass is 10.1. The third-order valence-electron chi connectivity index (χ3n) is 14.4. The van der Waals surface area contributed by atoms with E-state index in [0.29, 0.717) is 103 Å². The van der Waals surface area contributed by atoms with Gasteiger partial charge in [-0.15, -0.1) is 0 Å². The molecule has 2 fully saturated rings. The first-order valence-corrected chi connectivity index (χ1v) is 29.5. The molecule has 0 bridgehead atoms. The molecule has 3 N–H and O–H groups in total. The standard InChI is InChI=1S/C35H43N5O5.C31H35N5O6.CH4/c1-6-8-27(41)21-24-10-16-29(17-11-24)44-30-18-19-36-33-31(30)32(38-40(33)22-25-12-14-28(43-5)15-13-25)37-26-9-7-20-39(23-26)34(42)45-35(2,3)4;1-31(2,3)42-30(39)35-17-5-6-22(19-35)33-27-26-25(41-24-13-9-21(10-14-24)29(37)38)15-16-32-28(26)36(34-27)18-20-7-11-23(40-4)12-8-20;/h10-19,26H,6-9,20-23H2,1-5H3,(H,37,38);7-16,22H,5-6,17-19H2,1-4H3,(H,33,34)(H,37,38);1H4/t26-;22-;/m11./s1. The highest BCUT2D eigenvalue weighted by Gasteiger charge is 2.31. The van der Waals surface area contributed by atoms with Crippen LogP contribution in [0.2, 0.25) is 0 Å². The molecule has 21 nitrogen and oxygen atoms in total. The number of carboxylic acid groups (broad SMARTS) is 1. The number of hydrogen-bond acceptors (Lipinski definition) is 16. The second kappa shape index (κ2) is 28.9. The first-order chi connectivity index (χ1) is 41.7. The number of carbonyl (C=O) groups is 4. The van der Waals surface area contributed by atoms with Gasteiger partial charge in [-0.2, -0.15) is 10.2 Å². The number of anilines is 2. The van der Waals surface area contributed by atoms with Crippen molar-refractivity contribution >= 4 is 57.6 Å². The molecule has 0 spiro atoms. The number of amides is 2. The first-order valence-electron chi connectivity index (χ1n) is 29.5. The number of ketones is 1. The van der Waals surface area contributed by atoms with Crippen LogP contribution in [0.25, 0.3) is 22.1 Å². The zero-order chi connectivity index (χ0) is 61.8. The van der Waals surface area contributed by atoms with E-state index in [4.69, 9.17) is 43.6 Å². The number of ether oxygens (including phenoxy) is 6. The number of likely N-dealkylation sites (tertiary alicyclic amines) is 2. The number of piperidine rings is 2. The second-order valence-corrected chi connectivity index (χ2v) is 23.7. The third kappa shape index (κ3) is 17.2. The van der Waals surface area contributed by atoms with Crippen molar-refractivity contribution in [2.45, 2.75) is 137 Å². The van der Waals surface area contributed by atoms with Gasteiger partial charge in [-0.1, -0.05) is 50.7 Å². The van der Waals surface area contributed by atoms with Crippen molar-refractivity contribution in [2.75, 3.05) is 51.0 Å². The Morgan fingerprint density at radius 3 is 1.35 bits per heavy atom. The molecule has 2 amide bonds. The predicted octanol–water partition coefficient (Wildman–Crippen LogP) is 13.4. The summed E-state index contributed by atoms with van der Waals surface area (Å²) in [5.41, 5.74) is 3.34. The molecule has 0 aliphatic carbocycles. The van der Waals surface area contributed by atoms with E-state index >= 15 is 0 Å². The number of fused-ring (bicyclic) bond motifs is 2. The maximum Gasteiger partial charge on any atom is 0.410 e. The van der Waals surface area contributed by atoms with Crippen molar-refractivity contribution in [2.24, 2.45) is 0 Å². The fourth-order valence-corrected chi connectivity index (χ4v) is 10.3. The zero-order valence-electron chi connectivity index (χ0n) is 51.0. The monoisotopic (exact) mass is 1200 g/mol. The summed E-state index contributed by atoms with van der Waals surface area (Å²) < 4.78 is 38.2. The predicted molar refractivity (Wildman–Crippen MR) is 338 cm³/mol. The molecular weight excluding hydrogens is 1120 g/mol. The number of aromatic carboxylic acids is 1. The van der Waals surface area contributed by atoms with Crippen LogP contribution in [0.1, 0.15) is 121 Å². The van der Waals surface area contributed by atoms with Crippen molar-refractivity contribution < 1.29 is 52.7 Å². The van der Waals surface area contributed by atoms with Crippen LogP contribution in [0.15, 0.2) is 122 Å². The summed E-state index contributed by atoms with van der Waals surface area (Å²) >= 11 is 0. The molecule has 6 heterocycles. The van der Waals surface area contributed by atoms with Gasteiger partial charge in [0.25, 0.3) is 0 Å². The number of pyridine rings is 2. The molecule has 0 saturated carbocycles. The average molecular weight is 1200 g/mol. The van der Waals surface area contributed by atoms with Gasteiger partial charge >= 0.3 is 18.2 Å². The Balaban J connectivity index is 0.000000226. The number of Topliss-reactive ketones (excluding diaryl/α,β-unsaturated/α-hetero) is 1. The molecule has 0 radical (unpaired) electrons. The summed E-state index contributed by atoms with van der Waals surface area (Å²) in [6.07, 6.45) is 7.96. The van der Waals surface area contributed by atoms with Crippen LogP contribution in [-0.2, 0) is 33.8 Å². The van der Waals surface area contributed by atoms with Gasteiger partial charge in [0, 0.05) is 75.6 Å². The molecule has 0 unspecified atom stereocenters. The summed E-state index contributed by atoms with van der Waals surface area (Å²) in [7, 11) is 3.28. The van der Waals surface area contributed by atoms with Crippen LogP contribution in [-0.4, -0.2) is 132 Å². The fourth-order valence-electron chi connectivity index (χ4n) is 10.3. The van der Waals surface area contributed by atoms with Crippen LogP contribution in [0.3, 0.4) is 0 Å². The molecule has 2 saturated heterocycles. The number of methoxy groups -OCH3 is 2. The minimum atomic E-state index is -1.01. The number of hydrogen-bond donors (Lipinski definition) is 3. The molecule has 10 rings (SSSR count). The minimum Gasteiger partial charge on any atom is -0.497 e. The molecule has 88 heavy (non-hydrogen) atoms. The third-order valence-corrected chi connectivity index (χ3v) is 14.4. The normalized spacial score (nSPS) is 15.1. The summed E-state index contributed by atoms with van der Waals surface area (Å²) in [4.78, 5) is 61.9. The molecule has 2 aliphatic rings. The number of nitrogens with zero attached hydrogens (tertiary/aromatic N) is 8. The van der Waals surface area contributed by atoms with Gasteiger partial charge in [0.1, 0.15) is 62.3 Å². The highest BCUT2D eigenvalue weighted by Crippen LogP contribution is 2.38. The summed E-state index contributed by atoms with van der Waals surface area (Å²) in [6.45, 7) is 16.4. The number of carboxylic acids is 1. The van der Waals surface area contributed by atoms with Crippen LogP contribution in [0.4, 0.5) is 21.2 Å². The molecule has 4 aromatic carbocycles. The molecule has 2 aliphatic heterocycles. The van der Waals surface area contributed by atoms with E-state index in [2.05, 4.69) is 15.6 Å². The van der Waals surface area contributed by atoms with Crippen molar-refractivity contribution in [1.29, 1.82) is 0 Å². The van der Waals surface area contributed by atoms with E-state index in [-0.39, 0.29) is 43.0 Å². The van der Waals surface area contributed by atoms with Crippen molar-refractivity contribution in [3.63, 3.8) is 0 Å². The SMILES string of the molecule is C.CCCC(=O)Cc1ccc(Oc2ccnc3c2c(N[C@@H]2CCCN(C(=O)OC(C)(C)C)C2)nn3Cc2ccc(OC)cc2)cc1.COc1ccc(Cn2nc(N[C@@H]3CCCN(C(=O)OC(C)(C)C)C3)c3c(Oc4ccc(C(=O)O)cc4)ccnc32)cc1. The molecule has 4 aromatic heterocycles. The van der Waals surface area contributed by atoms with E-state index in [1.165, 1.54) is 12.1 Å². The van der Waals surface area contributed by atoms with Crippen molar-refractivity contribution in [3.8, 4) is 34.5 Å². The summed E-state index contributed by atoms with van der Waals surface area (Å²) in [5.74, 6) is 4.26. The van der Waals surface area contributed by atoms with E-state index in [1.54, 1.807) is 54.6 Å². The largest absolute Gasteiger partial charge is 0.497 e.